The molecule has 0 aromatic heterocycles. The van der Waals surface area contributed by atoms with Gasteiger partial charge in [-0.2, -0.15) is 0 Å². The summed E-state index contributed by atoms with van der Waals surface area (Å²) in [5.41, 5.74) is 8.71. The van der Waals surface area contributed by atoms with Gasteiger partial charge in [-0.15, -0.1) is 0 Å². The number of carbonyl (C=O) groups excluding carboxylic acids is 2. The zero-order chi connectivity index (χ0) is 19.2. The molecule has 140 valence electrons. The number of nitrogens with two attached hydrogens (primary N) is 1. The lowest BCUT2D eigenvalue weighted by Crippen LogP contribution is -2.35. The molecule has 1 aliphatic heterocycles. The van der Waals surface area contributed by atoms with Crippen LogP contribution >= 0.6 is 0 Å². The molecule has 1 aliphatic rings. The summed E-state index contributed by atoms with van der Waals surface area (Å²) in [5, 5.41) is 10.4. The van der Waals surface area contributed by atoms with E-state index in [2.05, 4.69) is 5.32 Å². The van der Waals surface area contributed by atoms with E-state index in [0.29, 0.717) is 30.5 Å². The van der Waals surface area contributed by atoms with E-state index in [1.807, 2.05) is 42.5 Å². The van der Waals surface area contributed by atoms with Crippen molar-refractivity contribution >= 4 is 29.0 Å². The smallest absolute Gasteiger partial charge is 0.226 e. The fraction of sp³-hybridized carbons (Fsp3) is 0.286. The van der Waals surface area contributed by atoms with E-state index >= 15 is 0 Å². The number of piperidine rings is 1. The van der Waals surface area contributed by atoms with Crippen molar-refractivity contribution in [3.05, 3.63) is 59.7 Å². The summed E-state index contributed by atoms with van der Waals surface area (Å²) < 4.78 is 0. The van der Waals surface area contributed by atoms with Gasteiger partial charge in [-0.25, -0.2) is 0 Å². The highest BCUT2D eigenvalue weighted by Crippen LogP contribution is 2.22. The molecule has 2 aromatic carbocycles. The Bertz CT molecular complexity index is 846. The summed E-state index contributed by atoms with van der Waals surface area (Å²) >= 11 is 0. The van der Waals surface area contributed by atoms with E-state index in [0.717, 1.165) is 30.6 Å². The molecule has 1 heterocycles. The standard InChI is InChI=1S/C21H24N4O2/c22-21(23)16-5-3-4-15(14-16)7-12-19(26)24-17-8-10-18(11-9-17)25-13-2-1-6-20(25)27/h3-5,8-11,14H,1-2,6-7,12-13H2,(H3,22,23)(H,24,26). The molecule has 0 radical (unpaired) electrons. The van der Waals surface area contributed by atoms with Crippen molar-refractivity contribution in [3.63, 3.8) is 0 Å². The number of aryl methyl sites for hydroxylation is 1. The van der Waals surface area contributed by atoms with Gasteiger partial charge in [-0.3, -0.25) is 15.0 Å². The average Bonchev–Trinajstić information content (AvgIpc) is 2.68. The molecule has 2 aromatic rings. The van der Waals surface area contributed by atoms with Crippen LogP contribution in [0.4, 0.5) is 11.4 Å². The van der Waals surface area contributed by atoms with Crippen molar-refractivity contribution in [2.45, 2.75) is 32.1 Å². The van der Waals surface area contributed by atoms with Gasteiger partial charge in [0.25, 0.3) is 0 Å². The van der Waals surface area contributed by atoms with Crippen LogP contribution in [0.25, 0.3) is 0 Å². The highest BCUT2D eigenvalue weighted by molar-refractivity contribution is 5.96. The zero-order valence-electron chi connectivity index (χ0n) is 15.2. The number of anilines is 2. The summed E-state index contributed by atoms with van der Waals surface area (Å²) in [6.45, 7) is 0.754. The predicted octanol–water partition coefficient (Wildman–Crippen LogP) is 3.06. The number of benzene rings is 2. The van der Waals surface area contributed by atoms with Crippen LogP contribution in [-0.2, 0) is 16.0 Å². The van der Waals surface area contributed by atoms with Crippen LogP contribution < -0.4 is 16.0 Å². The molecule has 6 nitrogen and oxygen atoms in total. The Morgan fingerprint density at radius 3 is 2.63 bits per heavy atom. The van der Waals surface area contributed by atoms with Crippen LogP contribution in [0.2, 0.25) is 0 Å². The molecule has 0 unspecified atom stereocenters. The second-order valence-electron chi connectivity index (χ2n) is 6.71. The molecule has 27 heavy (non-hydrogen) atoms. The minimum atomic E-state index is -0.0787. The first-order valence-electron chi connectivity index (χ1n) is 9.16. The number of amides is 2. The molecular formula is C21H24N4O2. The van der Waals surface area contributed by atoms with Gasteiger partial charge in [0.2, 0.25) is 11.8 Å². The van der Waals surface area contributed by atoms with Crippen LogP contribution in [-0.4, -0.2) is 24.2 Å². The number of hydrogen-bond donors (Lipinski definition) is 3. The molecule has 1 fully saturated rings. The van der Waals surface area contributed by atoms with Crippen molar-refractivity contribution in [2.24, 2.45) is 5.73 Å². The van der Waals surface area contributed by atoms with Gasteiger partial charge in [0.05, 0.1) is 0 Å². The first-order valence-corrected chi connectivity index (χ1v) is 9.16. The van der Waals surface area contributed by atoms with Crippen molar-refractivity contribution in [1.82, 2.24) is 0 Å². The van der Waals surface area contributed by atoms with E-state index < -0.39 is 0 Å². The van der Waals surface area contributed by atoms with Crippen LogP contribution in [0.1, 0.15) is 36.8 Å². The van der Waals surface area contributed by atoms with E-state index in [1.165, 1.54) is 0 Å². The maximum atomic E-state index is 12.2. The van der Waals surface area contributed by atoms with Gasteiger partial charge >= 0.3 is 0 Å². The molecule has 0 spiro atoms. The van der Waals surface area contributed by atoms with Crippen LogP contribution in [0.15, 0.2) is 48.5 Å². The summed E-state index contributed by atoms with van der Waals surface area (Å²) in [7, 11) is 0. The van der Waals surface area contributed by atoms with Crippen molar-refractivity contribution in [1.29, 1.82) is 5.41 Å². The van der Waals surface area contributed by atoms with Crippen LogP contribution in [0.5, 0.6) is 0 Å². The van der Waals surface area contributed by atoms with Gasteiger partial charge in [0, 0.05) is 36.3 Å². The minimum Gasteiger partial charge on any atom is -0.384 e. The van der Waals surface area contributed by atoms with E-state index in [4.69, 9.17) is 11.1 Å². The third kappa shape index (κ3) is 4.94. The SMILES string of the molecule is N=C(N)c1cccc(CCC(=O)Nc2ccc(N3CCCCC3=O)cc2)c1. The Labute approximate surface area is 158 Å². The number of carbonyl (C=O) groups is 2. The molecule has 0 atom stereocenters. The lowest BCUT2D eigenvalue weighted by atomic mass is 10.1. The monoisotopic (exact) mass is 364 g/mol. The van der Waals surface area contributed by atoms with Gasteiger partial charge in [-0.05, 0) is 55.2 Å². The fourth-order valence-corrected chi connectivity index (χ4v) is 3.18. The summed E-state index contributed by atoms with van der Waals surface area (Å²) in [4.78, 5) is 26.0. The zero-order valence-corrected chi connectivity index (χ0v) is 15.2. The number of amidine groups is 1. The Balaban J connectivity index is 1.54. The van der Waals surface area contributed by atoms with E-state index in [-0.39, 0.29) is 17.6 Å². The molecule has 0 bridgehead atoms. The van der Waals surface area contributed by atoms with Crippen molar-refractivity contribution < 1.29 is 9.59 Å². The summed E-state index contributed by atoms with van der Waals surface area (Å²) in [6, 6.07) is 14.8. The quantitative estimate of drug-likeness (QED) is 0.542. The fourth-order valence-electron chi connectivity index (χ4n) is 3.18. The number of nitrogen functional groups attached to an aromatic ring is 1. The van der Waals surface area contributed by atoms with E-state index in [1.54, 1.807) is 11.0 Å². The first-order chi connectivity index (χ1) is 13.0. The molecular weight excluding hydrogens is 340 g/mol. The number of hydrogen-bond acceptors (Lipinski definition) is 3. The van der Waals surface area contributed by atoms with Crippen LogP contribution in [0, 0.1) is 5.41 Å². The number of rotatable bonds is 6. The maximum Gasteiger partial charge on any atom is 0.226 e. The number of nitrogens with zero attached hydrogens (tertiary/aromatic N) is 1. The molecule has 2 amide bonds. The Kier molecular flexibility index (Phi) is 5.86. The van der Waals surface area contributed by atoms with Crippen molar-refractivity contribution in [3.8, 4) is 0 Å². The first kappa shape index (κ1) is 18.6. The van der Waals surface area contributed by atoms with Crippen molar-refractivity contribution in [2.75, 3.05) is 16.8 Å². The highest BCUT2D eigenvalue weighted by Gasteiger charge is 2.19. The van der Waals surface area contributed by atoms with E-state index in [9.17, 15) is 9.59 Å². The number of nitrogens with one attached hydrogen (secondary N) is 2. The van der Waals surface area contributed by atoms with Gasteiger partial charge in [0.15, 0.2) is 0 Å². The lowest BCUT2D eigenvalue weighted by Gasteiger charge is -2.26. The molecule has 0 saturated carbocycles. The topological polar surface area (TPSA) is 99.3 Å². The third-order valence-electron chi connectivity index (χ3n) is 4.66. The molecule has 6 heteroatoms. The van der Waals surface area contributed by atoms with Gasteiger partial charge in [0.1, 0.15) is 5.84 Å². The Morgan fingerprint density at radius 2 is 1.93 bits per heavy atom. The second-order valence-corrected chi connectivity index (χ2v) is 6.71. The second kappa shape index (κ2) is 8.49. The molecule has 4 N–H and O–H groups in total. The Hall–Kier alpha value is -3.15. The summed E-state index contributed by atoms with van der Waals surface area (Å²) in [5.74, 6) is 0.101. The maximum absolute atomic E-state index is 12.2. The largest absolute Gasteiger partial charge is 0.384 e. The molecule has 0 aliphatic carbocycles. The third-order valence-corrected chi connectivity index (χ3v) is 4.66. The molecule has 1 saturated heterocycles. The van der Waals surface area contributed by atoms with Gasteiger partial charge in [-0.1, -0.05) is 18.2 Å². The highest BCUT2D eigenvalue weighted by atomic mass is 16.2. The predicted molar refractivity (Wildman–Crippen MR) is 107 cm³/mol. The normalized spacial score (nSPS) is 14.1. The lowest BCUT2D eigenvalue weighted by molar-refractivity contribution is -0.119. The molecule has 3 rings (SSSR count). The summed E-state index contributed by atoms with van der Waals surface area (Å²) in [6.07, 6.45) is 3.50. The minimum absolute atomic E-state index is 0.0218. The van der Waals surface area contributed by atoms with Crippen LogP contribution in [0.3, 0.4) is 0 Å². The Morgan fingerprint density at radius 1 is 1.15 bits per heavy atom. The average molecular weight is 364 g/mol. The van der Waals surface area contributed by atoms with Gasteiger partial charge < -0.3 is 16.0 Å².